The molecule has 0 radical (unpaired) electrons. The lowest BCUT2D eigenvalue weighted by Crippen LogP contribution is -2.43. The number of likely N-dealkylation sites (tertiary alicyclic amines) is 1. The van der Waals surface area contributed by atoms with Crippen molar-refractivity contribution >= 4 is 35.2 Å². The first-order valence-electron chi connectivity index (χ1n) is 17.4. The molecule has 6 heterocycles. The molecule has 3 aromatic heterocycles. The highest BCUT2D eigenvalue weighted by Crippen LogP contribution is 2.40. The number of alkyl halides is 3. The molecule has 50 heavy (non-hydrogen) atoms. The van der Waals surface area contributed by atoms with Crippen LogP contribution in [0.1, 0.15) is 78.7 Å². The highest BCUT2D eigenvalue weighted by atomic mass is 32.1. The average molecular weight is 714 g/mol. The van der Waals surface area contributed by atoms with Crippen LogP contribution in [0.15, 0.2) is 18.3 Å². The second-order valence-corrected chi connectivity index (χ2v) is 14.9. The Hall–Kier alpha value is -3.85. The van der Waals surface area contributed by atoms with Crippen LogP contribution in [-0.2, 0) is 23.8 Å². The van der Waals surface area contributed by atoms with E-state index in [2.05, 4.69) is 38.1 Å². The molecule has 0 saturated carbocycles. The van der Waals surface area contributed by atoms with Gasteiger partial charge in [0.25, 0.3) is 0 Å². The zero-order valence-electron chi connectivity index (χ0n) is 29.2. The number of hydrogen-bond donors (Lipinski definition) is 1. The van der Waals surface area contributed by atoms with E-state index in [1.54, 1.807) is 12.2 Å². The SMILES string of the molecule is Cc1cc(N)ncc1C(F)(F)F.Cc1nsc(/C=C/C(=O)N2CCC(N(C)c3nc(OCC45CCCN4CCC5)nc4c3CC(C)CC4)C2)n1. The molecule has 0 bridgehead atoms. The van der Waals surface area contributed by atoms with Crippen molar-refractivity contribution in [3.05, 3.63) is 51.6 Å². The number of aryl methyl sites for hydroxylation is 3. The molecule has 0 aromatic carbocycles. The summed E-state index contributed by atoms with van der Waals surface area (Å²) in [5, 5.41) is 0.760. The Morgan fingerprint density at radius 1 is 1.16 bits per heavy atom. The smallest absolute Gasteiger partial charge is 0.418 e. The number of halogens is 3. The van der Waals surface area contributed by atoms with Gasteiger partial charge in [0.2, 0.25) is 5.91 Å². The average Bonchev–Trinajstić information content (AvgIpc) is 3.87. The number of ether oxygens (including phenoxy) is 1. The van der Waals surface area contributed by atoms with Crippen LogP contribution in [0.4, 0.5) is 24.8 Å². The lowest BCUT2D eigenvalue weighted by molar-refractivity contribution is -0.138. The summed E-state index contributed by atoms with van der Waals surface area (Å²) in [5.74, 6) is 2.46. The lowest BCUT2D eigenvalue weighted by Gasteiger charge is -2.33. The second kappa shape index (κ2) is 14.8. The van der Waals surface area contributed by atoms with Gasteiger partial charge in [0.1, 0.15) is 29.1 Å². The molecule has 4 aliphatic rings. The molecular formula is C35H46F3N9O2S. The molecule has 11 nitrogen and oxygen atoms in total. The quantitative estimate of drug-likeness (QED) is 0.314. The van der Waals surface area contributed by atoms with E-state index in [0.717, 1.165) is 60.8 Å². The van der Waals surface area contributed by atoms with Crippen molar-refractivity contribution in [3.8, 4) is 6.01 Å². The number of carbonyl (C=O) groups excluding carboxylic acids is 1. The molecule has 15 heteroatoms. The topological polar surface area (TPSA) is 126 Å². The molecule has 7 rings (SSSR count). The Labute approximate surface area is 295 Å². The van der Waals surface area contributed by atoms with E-state index in [1.807, 2.05) is 11.8 Å². The van der Waals surface area contributed by atoms with E-state index in [0.29, 0.717) is 25.1 Å². The molecule has 270 valence electrons. The van der Waals surface area contributed by atoms with Gasteiger partial charge in [-0.05, 0) is 113 Å². The van der Waals surface area contributed by atoms with E-state index >= 15 is 0 Å². The minimum absolute atomic E-state index is 0.0213. The summed E-state index contributed by atoms with van der Waals surface area (Å²) in [6, 6.07) is 1.93. The Kier molecular flexibility index (Phi) is 10.6. The number of hydrogen-bond acceptors (Lipinski definition) is 11. The first-order valence-corrected chi connectivity index (χ1v) is 18.2. The third-order valence-corrected chi connectivity index (χ3v) is 11.2. The molecule has 1 amide bonds. The van der Waals surface area contributed by atoms with Crippen LogP contribution in [0, 0.1) is 19.8 Å². The first kappa shape index (κ1) is 36.0. The van der Waals surface area contributed by atoms with E-state index in [-0.39, 0.29) is 28.9 Å². The highest BCUT2D eigenvalue weighted by Gasteiger charge is 2.45. The van der Waals surface area contributed by atoms with Gasteiger partial charge >= 0.3 is 12.2 Å². The summed E-state index contributed by atoms with van der Waals surface area (Å²) in [4.78, 5) is 37.3. The number of nitrogen functional groups attached to an aromatic ring is 1. The number of fused-ring (bicyclic) bond motifs is 2. The van der Waals surface area contributed by atoms with Gasteiger partial charge in [0.15, 0.2) is 0 Å². The minimum Gasteiger partial charge on any atom is -0.461 e. The molecule has 2 unspecified atom stereocenters. The van der Waals surface area contributed by atoms with Crippen LogP contribution in [-0.4, -0.2) is 91.4 Å². The van der Waals surface area contributed by atoms with Crippen molar-refractivity contribution in [1.29, 1.82) is 0 Å². The molecule has 3 fully saturated rings. The van der Waals surface area contributed by atoms with Gasteiger partial charge in [0.05, 0.1) is 16.8 Å². The fourth-order valence-corrected chi connectivity index (χ4v) is 8.26. The first-order chi connectivity index (χ1) is 23.8. The van der Waals surface area contributed by atoms with E-state index in [4.69, 9.17) is 20.4 Å². The molecule has 0 spiro atoms. The predicted molar refractivity (Wildman–Crippen MR) is 187 cm³/mol. The largest absolute Gasteiger partial charge is 0.461 e. The highest BCUT2D eigenvalue weighted by molar-refractivity contribution is 7.06. The van der Waals surface area contributed by atoms with Gasteiger partial charge in [0, 0.05) is 44.0 Å². The van der Waals surface area contributed by atoms with Crippen LogP contribution >= 0.6 is 11.5 Å². The summed E-state index contributed by atoms with van der Waals surface area (Å²) in [7, 11) is 2.12. The van der Waals surface area contributed by atoms with Gasteiger partial charge in [-0.25, -0.2) is 9.97 Å². The maximum atomic E-state index is 12.9. The summed E-state index contributed by atoms with van der Waals surface area (Å²) in [5.41, 5.74) is 7.12. The zero-order valence-corrected chi connectivity index (χ0v) is 30.0. The zero-order chi connectivity index (χ0) is 35.6. The van der Waals surface area contributed by atoms with E-state index in [1.165, 1.54) is 68.9 Å². The van der Waals surface area contributed by atoms with Gasteiger partial charge in [-0.1, -0.05) is 6.92 Å². The van der Waals surface area contributed by atoms with Gasteiger partial charge in [-0.15, -0.1) is 0 Å². The number of nitrogens with two attached hydrogens (primary N) is 1. The van der Waals surface area contributed by atoms with E-state index in [9.17, 15) is 18.0 Å². The normalized spacial score (nSPS) is 21.5. The fraction of sp³-hybridized carbons (Fsp3) is 0.600. The van der Waals surface area contributed by atoms with Crippen LogP contribution in [0.5, 0.6) is 6.01 Å². The molecular weight excluding hydrogens is 668 g/mol. The van der Waals surface area contributed by atoms with Crippen molar-refractivity contribution in [1.82, 2.24) is 34.1 Å². The van der Waals surface area contributed by atoms with Crippen LogP contribution in [0.25, 0.3) is 6.08 Å². The van der Waals surface area contributed by atoms with Gasteiger partial charge in [-0.2, -0.15) is 27.5 Å². The van der Waals surface area contributed by atoms with Crippen molar-refractivity contribution in [2.75, 3.05) is 50.5 Å². The van der Waals surface area contributed by atoms with Crippen molar-refractivity contribution in [2.24, 2.45) is 5.92 Å². The molecule has 2 N–H and O–H groups in total. The molecule has 3 aliphatic heterocycles. The van der Waals surface area contributed by atoms with Crippen LogP contribution in [0.2, 0.25) is 0 Å². The number of pyridine rings is 1. The monoisotopic (exact) mass is 713 g/mol. The third-order valence-electron chi connectivity index (χ3n) is 10.5. The Morgan fingerprint density at radius 3 is 2.60 bits per heavy atom. The molecule has 3 aromatic rings. The predicted octanol–water partition coefficient (Wildman–Crippen LogP) is 5.51. The summed E-state index contributed by atoms with van der Waals surface area (Å²) >= 11 is 1.31. The molecule has 2 atom stereocenters. The lowest BCUT2D eigenvalue weighted by atomic mass is 9.88. The summed E-state index contributed by atoms with van der Waals surface area (Å²) in [6.45, 7) is 9.98. The maximum Gasteiger partial charge on any atom is 0.418 e. The number of carbonyl (C=O) groups is 1. The number of rotatable bonds is 7. The summed E-state index contributed by atoms with van der Waals surface area (Å²) < 4.78 is 46.9. The fourth-order valence-electron chi connectivity index (χ4n) is 7.70. The second-order valence-electron chi connectivity index (χ2n) is 14.1. The Balaban J connectivity index is 0.000000306. The van der Waals surface area contributed by atoms with Crippen LogP contribution < -0.4 is 15.4 Å². The number of anilines is 2. The minimum atomic E-state index is -4.34. The Morgan fingerprint density at radius 2 is 1.92 bits per heavy atom. The third kappa shape index (κ3) is 8.03. The number of aromatic nitrogens is 5. The van der Waals surface area contributed by atoms with Gasteiger partial charge < -0.3 is 20.3 Å². The van der Waals surface area contributed by atoms with Crippen molar-refractivity contribution < 1.29 is 22.7 Å². The summed E-state index contributed by atoms with van der Waals surface area (Å²) in [6.07, 6.45) is 8.75. The molecule has 3 saturated heterocycles. The Bertz CT molecular complexity index is 1700. The van der Waals surface area contributed by atoms with Gasteiger partial charge in [-0.3, -0.25) is 9.69 Å². The van der Waals surface area contributed by atoms with E-state index < -0.39 is 11.7 Å². The molecule has 1 aliphatic carbocycles. The maximum absolute atomic E-state index is 12.9. The number of amides is 1. The van der Waals surface area contributed by atoms with Crippen LogP contribution in [0.3, 0.4) is 0 Å². The standard InChI is InChI=1S/C28H39N7O2S.C7H7F3N2/c1-19-6-7-23-22(16-19)26(31-27(30-23)37-18-28-11-4-13-35(28)14-5-12-28)33(3)21-10-15-34(17-21)25(36)9-8-24-29-20(2)32-38-24;1-4-2-6(11)12-3-5(4)7(8,9)10/h8-9,19,21H,4-7,10-18H2,1-3H3;2-3H,1H3,(H2,11,12)/b9-8+;. The number of nitrogens with zero attached hydrogens (tertiary/aromatic N) is 8. The van der Waals surface area contributed by atoms with Crippen molar-refractivity contribution in [3.63, 3.8) is 0 Å². The van der Waals surface area contributed by atoms with Crippen molar-refractivity contribution in [2.45, 2.75) is 89.9 Å². The number of likely N-dealkylation sites (N-methyl/N-ethyl adjacent to an activating group) is 1.